The second kappa shape index (κ2) is 5.09. The largest absolute Gasteiger partial charge is 0.481 e. The smallest absolute Gasteiger partial charge is 0.303 e. The first-order chi connectivity index (χ1) is 5.04. The van der Waals surface area contributed by atoms with E-state index in [2.05, 4.69) is 0 Å². The van der Waals surface area contributed by atoms with Gasteiger partial charge in [-0.05, 0) is 19.8 Å². The number of carboxylic acid groups (broad SMARTS) is 1. The predicted molar refractivity (Wildman–Crippen MR) is 43.1 cm³/mol. The lowest BCUT2D eigenvalue weighted by Crippen LogP contribution is -2.38. The first-order valence-electron chi connectivity index (χ1n) is 3.77. The maximum Gasteiger partial charge on any atom is 0.303 e. The molecule has 0 rings (SSSR count). The van der Waals surface area contributed by atoms with Crippen LogP contribution in [0.5, 0.6) is 0 Å². The molecule has 0 radical (unpaired) electrons. The highest BCUT2D eigenvalue weighted by molar-refractivity contribution is 5.66. The zero-order valence-corrected chi connectivity index (χ0v) is 6.79. The Labute approximate surface area is 66.6 Å². The number of aliphatic carboxylic acids is 1. The molecule has 0 fully saturated rings. The topological polar surface area (TPSA) is 89.3 Å². The average Bonchev–Trinajstić information content (AvgIpc) is 1.86. The van der Waals surface area contributed by atoms with Crippen molar-refractivity contribution in [3.63, 3.8) is 0 Å². The highest BCUT2D eigenvalue weighted by Gasteiger charge is 2.07. The Morgan fingerprint density at radius 3 is 2.45 bits per heavy atom. The van der Waals surface area contributed by atoms with Crippen molar-refractivity contribution in [2.45, 2.75) is 38.3 Å². The molecule has 0 aromatic rings. The van der Waals surface area contributed by atoms with E-state index in [-0.39, 0.29) is 18.5 Å². The van der Waals surface area contributed by atoms with Gasteiger partial charge in [-0.15, -0.1) is 0 Å². The molecule has 2 atom stereocenters. The molecule has 11 heavy (non-hydrogen) atoms. The molecule has 0 aliphatic carbocycles. The Bertz CT molecular complexity index is 126. The molecule has 0 aromatic carbocycles. The molecular weight excluding hydrogens is 144 g/mol. The van der Waals surface area contributed by atoms with Crippen LogP contribution in [0.3, 0.4) is 0 Å². The summed E-state index contributed by atoms with van der Waals surface area (Å²) in [7, 11) is 0. The second-order valence-corrected chi connectivity index (χ2v) is 2.81. The zero-order valence-electron chi connectivity index (χ0n) is 6.79. The molecule has 2 unspecified atom stereocenters. The van der Waals surface area contributed by atoms with Gasteiger partial charge in [0.25, 0.3) is 0 Å². The predicted octanol–water partition coefficient (Wildman–Crippen LogP) is -0.0842. The lowest BCUT2D eigenvalue weighted by Gasteiger charge is -2.13. The molecule has 66 valence electrons. The molecule has 0 amide bonds. The normalized spacial score (nSPS) is 15.9. The van der Waals surface area contributed by atoms with Gasteiger partial charge in [-0.25, -0.2) is 0 Å². The van der Waals surface area contributed by atoms with Crippen LogP contribution >= 0.6 is 0 Å². The van der Waals surface area contributed by atoms with E-state index < -0.39 is 5.97 Å². The molecule has 0 saturated heterocycles. The van der Waals surface area contributed by atoms with E-state index in [0.717, 1.165) is 0 Å². The zero-order chi connectivity index (χ0) is 8.85. The highest BCUT2D eigenvalue weighted by atomic mass is 16.4. The van der Waals surface area contributed by atoms with Crippen LogP contribution in [0.4, 0.5) is 0 Å². The molecule has 0 aliphatic rings. The van der Waals surface area contributed by atoms with Crippen LogP contribution < -0.4 is 11.5 Å². The van der Waals surface area contributed by atoms with Crippen LogP contribution in [0.25, 0.3) is 0 Å². The lowest BCUT2D eigenvalue weighted by molar-refractivity contribution is -0.137. The fourth-order valence-electron chi connectivity index (χ4n) is 0.752. The number of carbonyl (C=O) groups is 1. The maximum atomic E-state index is 10.1. The van der Waals surface area contributed by atoms with E-state index in [1.807, 2.05) is 6.92 Å². The van der Waals surface area contributed by atoms with Gasteiger partial charge < -0.3 is 16.6 Å². The van der Waals surface area contributed by atoms with E-state index in [1.54, 1.807) is 0 Å². The van der Waals surface area contributed by atoms with Gasteiger partial charge in [0.2, 0.25) is 0 Å². The monoisotopic (exact) mass is 160 g/mol. The van der Waals surface area contributed by atoms with E-state index in [1.165, 1.54) is 0 Å². The summed E-state index contributed by atoms with van der Waals surface area (Å²) in [6, 6.07) is -0.127. The lowest BCUT2D eigenvalue weighted by atomic mass is 10.1. The fourth-order valence-corrected chi connectivity index (χ4v) is 0.752. The minimum atomic E-state index is -0.776. The Balaban J connectivity index is 3.31. The van der Waals surface area contributed by atoms with Crippen LogP contribution in [-0.2, 0) is 4.79 Å². The standard InChI is InChI=1S/C7H16N2O2/c1-5(8)6(9)3-2-4-7(10)11/h5-6H,2-4,8-9H2,1H3,(H,10,11). The maximum absolute atomic E-state index is 10.1. The van der Waals surface area contributed by atoms with Gasteiger partial charge in [0.05, 0.1) is 0 Å². The van der Waals surface area contributed by atoms with E-state index >= 15 is 0 Å². The van der Waals surface area contributed by atoms with Gasteiger partial charge in [0.1, 0.15) is 0 Å². The van der Waals surface area contributed by atoms with E-state index in [9.17, 15) is 4.79 Å². The molecule has 0 bridgehead atoms. The van der Waals surface area contributed by atoms with Gasteiger partial charge in [-0.3, -0.25) is 4.79 Å². The molecule has 0 aliphatic heterocycles. The van der Waals surface area contributed by atoms with Gasteiger partial charge in [0, 0.05) is 18.5 Å². The molecule has 4 nitrogen and oxygen atoms in total. The van der Waals surface area contributed by atoms with Crippen LogP contribution in [0.1, 0.15) is 26.2 Å². The first kappa shape index (κ1) is 10.4. The van der Waals surface area contributed by atoms with Crippen molar-refractivity contribution in [2.75, 3.05) is 0 Å². The molecule has 0 heterocycles. The van der Waals surface area contributed by atoms with Gasteiger partial charge >= 0.3 is 5.97 Å². The van der Waals surface area contributed by atoms with Crippen molar-refractivity contribution >= 4 is 5.97 Å². The van der Waals surface area contributed by atoms with Crippen molar-refractivity contribution < 1.29 is 9.90 Å². The summed E-state index contributed by atoms with van der Waals surface area (Å²) in [5.74, 6) is -0.776. The van der Waals surface area contributed by atoms with Crippen LogP contribution in [0.15, 0.2) is 0 Å². The number of hydrogen-bond donors (Lipinski definition) is 3. The molecule has 4 heteroatoms. The van der Waals surface area contributed by atoms with Crippen molar-refractivity contribution in [1.82, 2.24) is 0 Å². The molecule has 5 N–H and O–H groups in total. The SMILES string of the molecule is CC(N)C(N)CCCC(=O)O. The van der Waals surface area contributed by atoms with Crippen molar-refractivity contribution in [2.24, 2.45) is 11.5 Å². The number of hydrogen-bond acceptors (Lipinski definition) is 3. The summed E-state index contributed by atoms with van der Waals surface area (Å²) in [6.07, 6.45) is 1.47. The van der Waals surface area contributed by atoms with Crippen molar-refractivity contribution in [3.8, 4) is 0 Å². The fraction of sp³-hybridized carbons (Fsp3) is 0.857. The third kappa shape index (κ3) is 5.82. The van der Waals surface area contributed by atoms with Crippen LogP contribution in [-0.4, -0.2) is 23.2 Å². The summed E-state index contributed by atoms with van der Waals surface area (Å²) in [5.41, 5.74) is 11.1. The Hall–Kier alpha value is -0.610. The van der Waals surface area contributed by atoms with Crippen LogP contribution in [0.2, 0.25) is 0 Å². The summed E-state index contributed by atoms with van der Waals surface area (Å²) in [6.45, 7) is 1.82. The third-order valence-electron chi connectivity index (χ3n) is 1.60. The minimum absolute atomic E-state index is 0.0520. The molecule has 0 spiro atoms. The second-order valence-electron chi connectivity index (χ2n) is 2.81. The minimum Gasteiger partial charge on any atom is -0.481 e. The van der Waals surface area contributed by atoms with Gasteiger partial charge in [-0.1, -0.05) is 0 Å². The van der Waals surface area contributed by atoms with Crippen LogP contribution in [0, 0.1) is 0 Å². The number of carboxylic acids is 1. The Morgan fingerprint density at radius 1 is 1.55 bits per heavy atom. The summed E-state index contributed by atoms with van der Waals surface area (Å²) in [5, 5.41) is 8.29. The van der Waals surface area contributed by atoms with Gasteiger partial charge in [0.15, 0.2) is 0 Å². The summed E-state index contributed by atoms with van der Waals surface area (Å²) in [4.78, 5) is 10.1. The molecule has 0 saturated carbocycles. The molecule has 0 aromatic heterocycles. The van der Waals surface area contributed by atoms with Gasteiger partial charge in [-0.2, -0.15) is 0 Å². The quantitative estimate of drug-likeness (QED) is 0.524. The summed E-state index contributed by atoms with van der Waals surface area (Å²) < 4.78 is 0. The van der Waals surface area contributed by atoms with E-state index in [0.29, 0.717) is 12.8 Å². The Kier molecular flexibility index (Phi) is 4.81. The van der Waals surface area contributed by atoms with Crippen molar-refractivity contribution in [3.05, 3.63) is 0 Å². The first-order valence-corrected chi connectivity index (χ1v) is 3.77. The summed E-state index contributed by atoms with van der Waals surface area (Å²) >= 11 is 0. The molecular formula is C7H16N2O2. The Morgan fingerprint density at radius 2 is 2.09 bits per heavy atom. The average molecular weight is 160 g/mol. The number of rotatable bonds is 5. The highest BCUT2D eigenvalue weighted by Crippen LogP contribution is 2.00. The van der Waals surface area contributed by atoms with Crippen molar-refractivity contribution in [1.29, 1.82) is 0 Å². The third-order valence-corrected chi connectivity index (χ3v) is 1.60. The van der Waals surface area contributed by atoms with E-state index in [4.69, 9.17) is 16.6 Å². The number of nitrogens with two attached hydrogens (primary N) is 2.